The summed E-state index contributed by atoms with van der Waals surface area (Å²) < 4.78 is 0. The highest BCUT2D eigenvalue weighted by molar-refractivity contribution is 8.00. The maximum atomic E-state index is 13.2. The fraction of sp³-hybridized carbons (Fsp3) is 0.417. The summed E-state index contributed by atoms with van der Waals surface area (Å²) in [6, 6.07) is 17.5. The minimum atomic E-state index is -0.462. The van der Waals surface area contributed by atoms with Gasteiger partial charge in [-0.05, 0) is 37.5 Å². The Morgan fingerprint density at radius 3 is 2.48 bits per heavy atom. The summed E-state index contributed by atoms with van der Waals surface area (Å²) in [6.07, 6.45) is 2.56. The Morgan fingerprint density at radius 1 is 1.07 bits per heavy atom. The minimum absolute atomic E-state index is 0.0159. The van der Waals surface area contributed by atoms with Crippen LogP contribution < -0.4 is 5.32 Å². The van der Waals surface area contributed by atoms with Gasteiger partial charge in [0.1, 0.15) is 6.04 Å². The first-order valence-electron chi connectivity index (χ1n) is 10.4. The van der Waals surface area contributed by atoms with Gasteiger partial charge in [-0.25, -0.2) is 0 Å². The van der Waals surface area contributed by atoms with Crippen molar-refractivity contribution in [2.24, 2.45) is 0 Å². The molecule has 0 unspecified atom stereocenters. The number of benzene rings is 2. The van der Waals surface area contributed by atoms with Crippen LogP contribution in [-0.2, 0) is 16.1 Å². The average molecular weight is 413 g/mol. The molecule has 0 aromatic heterocycles. The third-order valence-corrected chi connectivity index (χ3v) is 5.75. The molecule has 0 radical (unpaired) electrons. The van der Waals surface area contributed by atoms with E-state index in [1.54, 1.807) is 4.90 Å². The lowest BCUT2D eigenvalue weighted by Gasteiger charge is -2.30. The SMILES string of the molecule is CCCCNC(=O)[C@H](CC)N(Cc1cccc(C)c1)C(=O)CSc1ccccc1. The predicted molar refractivity (Wildman–Crippen MR) is 121 cm³/mol. The van der Waals surface area contributed by atoms with E-state index in [0.717, 1.165) is 28.9 Å². The largest absolute Gasteiger partial charge is 0.354 e. The van der Waals surface area contributed by atoms with E-state index in [1.807, 2.05) is 62.4 Å². The van der Waals surface area contributed by atoms with Crippen molar-refractivity contribution in [1.82, 2.24) is 10.2 Å². The Kier molecular flexibility index (Phi) is 9.78. The number of carbonyl (C=O) groups excluding carboxylic acids is 2. The molecule has 0 aliphatic carbocycles. The Morgan fingerprint density at radius 2 is 1.83 bits per heavy atom. The number of carbonyl (C=O) groups is 2. The topological polar surface area (TPSA) is 49.4 Å². The molecular formula is C24H32N2O2S. The number of nitrogens with zero attached hydrogens (tertiary/aromatic N) is 1. The lowest BCUT2D eigenvalue weighted by Crippen LogP contribution is -2.49. The van der Waals surface area contributed by atoms with Gasteiger partial charge >= 0.3 is 0 Å². The lowest BCUT2D eigenvalue weighted by atomic mass is 10.1. The van der Waals surface area contributed by atoms with E-state index in [4.69, 9.17) is 0 Å². The number of hydrogen-bond donors (Lipinski definition) is 1. The van der Waals surface area contributed by atoms with Gasteiger partial charge in [0, 0.05) is 18.0 Å². The molecule has 4 nitrogen and oxygen atoms in total. The van der Waals surface area contributed by atoms with Crippen molar-refractivity contribution >= 4 is 23.6 Å². The molecule has 0 spiro atoms. The van der Waals surface area contributed by atoms with E-state index in [-0.39, 0.29) is 11.8 Å². The van der Waals surface area contributed by atoms with Crippen LogP contribution in [0.1, 0.15) is 44.2 Å². The van der Waals surface area contributed by atoms with Gasteiger partial charge in [-0.15, -0.1) is 11.8 Å². The first-order chi connectivity index (χ1) is 14.0. The third-order valence-electron chi connectivity index (χ3n) is 4.76. The molecule has 29 heavy (non-hydrogen) atoms. The number of hydrogen-bond acceptors (Lipinski definition) is 3. The zero-order valence-electron chi connectivity index (χ0n) is 17.7. The molecule has 0 saturated carbocycles. The summed E-state index contributed by atoms with van der Waals surface area (Å²) in [5.74, 6) is 0.235. The Balaban J connectivity index is 2.16. The normalized spacial score (nSPS) is 11.7. The van der Waals surface area contributed by atoms with E-state index in [2.05, 4.69) is 18.3 Å². The van der Waals surface area contributed by atoms with Gasteiger partial charge in [0.15, 0.2) is 0 Å². The predicted octanol–water partition coefficient (Wildman–Crippen LogP) is 4.81. The summed E-state index contributed by atoms with van der Waals surface area (Å²) in [7, 11) is 0. The first kappa shape index (κ1) is 23.0. The Hall–Kier alpha value is -2.27. The quantitative estimate of drug-likeness (QED) is 0.426. The summed E-state index contributed by atoms with van der Waals surface area (Å²) in [5.41, 5.74) is 2.19. The summed E-state index contributed by atoms with van der Waals surface area (Å²) >= 11 is 1.51. The van der Waals surface area contributed by atoms with Crippen LogP contribution in [0.5, 0.6) is 0 Å². The minimum Gasteiger partial charge on any atom is -0.354 e. The van der Waals surface area contributed by atoms with E-state index < -0.39 is 6.04 Å². The van der Waals surface area contributed by atoms with E-state index in [0.29, 0.717) is 25.3 Å². The van der Waals surface area contributed by atoms with Gasteiger partial charge in [-0.1, -0.05) is 68.3 Å². The summed E-state index contributed by atoms with van der Waals surface area (Å²) in [5, 5.41) is 3.00. The van der Waals surface area contributed by atoms with Gasteiger partial charge in [0.2, 0.25) is 11.8 Å². The maximum Gasteiger partial charge on any atom is 0.242 e. The highest BCUT2D eigenvalue weighted by Crippen LogP contribution is 2.20. The van der Waals surface area contributed by atoms with Gasteiger partial charge in [0.25, 0.3) is 0 Å². The zero-order valence-corrected chi connectivity index (χ0v) is 18.5. The highest BCUT2D eigenvalue weighted by atomic mass is 32.2. The number of unbranched alkanes of at least 4 members (excludes halogenated alkanes) is 1. The van der Waals surface area contributed by atoms with Crippen LogP contribution in [-0.4, -0.2) is 35.1 Å². The molecule has 0 aliphatic heterocycles. The molecule has 0 aliphatic rings. The monoisotopic (exact) mass is 412 g/mol. The van der Waals surface area contributed by atoms with E-state index >= 15 is 0 Å². The molecule has 0 saturated heterocycles. The van der Waals surface area contributed by atoms with Crippen molar-refractivity contribution in [2.45, 2.75) is 57.5 Å². The second-order valence-corrected chi connectivity index (χ2v) is 8.23. The fourth-order valence-electron chi connectivity index (χ4n) is 3.18. The fourth-order valence-corrected chi connectivity index (χ4v) is 3.98. The van der Waals surface area contributed by atoms with Gasteiger partial charge in [-0.3, -0.25) is 9.59 Å². The van der Waals surface area contributed by atoms with Crippen LogP contribution in [0.3, 0.4) is 0 Å². The second-order valence-electron chi connectivity index (χ2n) is 7.18. The molecule has 2 rings (SSSR count). The number of rotatable bonds is 11. The molecule has 0 fully saturated rings. The summed E-state index contributed by atoms with van der Waals surface area (Å²) in [4.78, 5) is 28.8. The smallest absolute Gasteiger partial charge is 0.242 e. The van der Waals surface area contributed by atoms with Crippen LogP contribution in [0, 0.1) is 6.92 Å². The van der Waals surface area contributed by atoms with Gasteiger partial charge in [0.05, 0.1) is 5.75 Å². The third kappa shape index (κ3) is 7.58. The molecule has 156 valence electrons. The molecular weight excluding hydrogens is 380 g/mol. The van der Waals surface area contributed by atoms with Crippen molar-refractivity contribution < 1.29 is 9.59 Å². The number of amides is 2. The zero-order chi connectivity index (χ0) is 21.1. The van der Waals surface area contributed by atoms with Crippen molar-refractivity contribution in [3.63, 3.8) is 0 Å². The van der Waals surface area contributed by atoms with Crippen LogP contribution in [0.15, 0.2) is 59.5 Å². The Bertz CT molecular complexity index is 779. The number of nitrogens with one attached hydrogen (secondary N) is 1. The van der Waals surface area contributed by atoms with Gasteiger partial charge < -0.3 is 10.2 Å². The molecule has 2 amide bonds. The molecule has 5 heteroatoms. The number of thioether (sulfide) groups is 1. The van der Waals surface area contributed by atoms with E-state index in [1.165, 1.54) is 11.8 Å². The molecule has 0 bridgehead atoms. The van der Waals surface area contributed by atoms with Crippen LogP contribution in [0.2, 0.25) is 0 Å². The van der Waals surface area contributed by atoms with Crippen molar-refractivity contribution in [3.05, 3.63) is 65.7 Å². The average Bonchev–Trinajstić information content (AvgIpc) is 2.73. The molecule has 2 aromatic rings. The van der Waals surface area contributed by atoms with Crippen molar-refractivity contribution in [2.75, 3.05) is 12.3 Å². The summed E-state index contributed by atoms with van der Waals surface area (Å²) in [6.45, 7) is 7.19. The van der Waals surface area contributed by atoms with Crippen molar-refractivity contribution in [3.8, 4) is 0 Å². The van der Waals surface area contributed by atoms with Gasteiger partial charge in [-0.2, -0.15) is 0 Å². The highest BCUT2D eigenvalue weighted by Gasteiger charge is 2.28. The standard InChI is InChI=1S/C24H32N2O2S/c1-4-6-15-25-24(28)22(5-2)26(17-20-12-10-11-19(3)16-20)23(27)18-29-21-13-8-7-9-14-21/h7-14,16,22H,4-6,15,17-18H2,1-3H3,(H,25,28)/t22-/m0/s1. The maximum absolute atomic E-state index is 13.2. The molecule has 1 atom stereocenters. The van der Waals surface area contributed by atoms with Crippen molar-refractivity contribution in [1.29, 1.82) is 0 Å². The lowest BCUT2D eigenvalue weighted by molar-refractivity contribution is -0.139. The first-order valence-corrected chi connectivity index (χ1v) is 11.3. The van der Waals surface area contributed by atoms with Crippen LogP contribution in [0.4, 0.5) is 0 Å². The van der Waals surface area contributed by atoms with Crippen LogP contribution >= 0.6 is 11.8 Å². The number of aryl methyl sites for hydroxylation is 1. The Labute approximate surface area is 179 Å². The molecule has 2 aromatic carbocycles. The van der Waals surface area contributed by atoms with E-state index in [9.17, 15) is 9.59 Å². The molecule has 1 N–H and O–H groups in total. The van der Waals surface area contributed by atoms with Crippen LogP contribution in [0.25, 0.3) is 0 Å². The molecule has 0 heterocycles. The second kappa shape index (κ2) is 12.3.